The van der Waals surface area contributed by atoms with E-state index in [0.29, 0.717) is 5.91 Å². The molecule has 2 saturated heterocycles. The van der Waals surface area contributed by atoms with Gasteiger partial charge in [0.25, 0.3) is 0 Å². The van der Waals surface area contributed by atoms with Crippen LogP contribution in [-0.4, -0.2) is 48.9 Å². The van der Waals surface area contributed by atoms with E-state index >= 15 is 0 Å². The van der Waals surface area contributed by atoms with Gasteiger partial charge in [-0.3, -0.25) is 4.79 Å². The molecule has 0 aliphatic carbocycles. The quantitative estimate of drug-likeness (QED) is 0.752. The smallest absolute Gasteiger partial charge is 0.225 e. The molecular formula is C15H28N2O. The Morgan fingerprint density at radius 3 is 1.83 bits per heavy atom. The van der Waals surface area contributed by atoms with Crippen LogP contribution in [0.3, 0.4) is 0 Å². The van der Waals surface area contributed by atoms with Gasteiger partial charge in [-0.1, -0.05) is 13.8 Å². The van der Waals surface area contributed by atoms with E-state index in [4.69, 9.17) is 0 Å². The van der Waals surface area contributed by atoms with Gasteiger partial charge >= 0.3 is 0 Å². The summed E-state index contributed by atoms with van der Waals surface area (Å²) in [6.45, 7) is 8.52. The molecular weight excluding hydrogens is 224 g/mol. The Labute approximate surface area is 112 Å². The van der Waals surface area contributed by atoms with Crippen LogP contribution in [0.1, 0.15) is 39.5 Å². The molecule has 2 fully saturated rings. The van der Waals surface area contributed by atoms with Crippen molar-refractivity contribution < 1.29 is 4.79 Å². The Hall–Kier alpha value is -0.570. The number of carbonyl (C=O) groups is 1. The van der Waals surface area contributed by atoms with Crippen molar-refractivity contribution in [2.75, 3.05) is 33.2 Å². The van der Waals surface area contributed by atoms with Crippen LogP contribution >= 0.6 is 0 Å². The third-order valence-corrected chi connectivity index (χ3v) is 4.78. The summed E-state index contributed by atoms with van der Waals surface area (Å²) in [6, 6.07) is 0. The van der Waals surface area contributed by atoms with Crippen LogP contribution in [0.4, 0.5) is 0 Å². The Morgan fingerprint density at radius 2 is 1.39 bits per heavy atom. The van der Waals surface area contributed by atoms with Crippen molar-refractivity contribution in [3.05, 3.63) is 0 Å². The summed E-state index contributed by atoms with van der Waals surface area (Å²) in [6.07, 6.45) is 5.18. The largest absolute Gasteiger partial charge is 0.342 e. The first kappa shape index (κ1) is 13.9. The number of hydrogen-bond acceptors (Lipinski definition) is 2. The van der Waals surface area contributed by atoms with E-state index in [-0.39, 0.29) is 5.92 Å². The summed E-state index contributed by atoms with van der Waals surface area (Å²) in [5, 5.41) is 0. The molecule has 3 nitrogen and oxygen atoms in total. The summed E-state index contributed by atoms with van der Waals surface area (Å²) in [4.78, 5) is 16.5. The maximum Gasteiger partial charge on any atom is 0.225 e. The van der Waals surface area contributed by atoms with Crippen molar-refractivity contribution in [2.24, 2.45) is 17.8 Å². The Morgan fingerprint density at radius 1 is 0.944 bits per heavy atom. The number of hydrogen-bond donors (Lipinski definition) is 0. The summed E-state index contributed by atoms with van der Waals surface area (Å²) < 4.78 is 0. The molecule has 0 bridgehead atoms. The molecule has 0 unspecified atom stereocenters. The van der Waals surface area contributed by atoms with Crippen LogP contribution < -0.4 is 0 Å². The molecule has 0 radical (unpaired) electrons. The Bertz CT molecular complexity index is 274. The minimum atomic E-state index is 0.157. The molecule has 0 N–H and O–H groups in total. The van der Waals surface area contributed by atoms with Crippen molar-refractivity contribution in [1.82, 2.24) is 9.80 Å². The first-order valence-electron chi connectivity index (χ1n) is 7.55. The second kappa shape index (κ2) is 6.05. The van der Waals surface area contributed by atoms with Gasteiger partial charge in [-0.15, -0.1) is 0 Å². The highest BCUT2D eigenvalue weighted by Gasteiger charge is 2.30. The average Bonchev–Trinajstić information content (AvgIpc) is 2.39. The van der Waals surface area contributed by atoms with E-state index in [1.807, 2.05) is 13.8 Å². The van der Waals surface area contributed by atoms with Gasteiger partial charge in [-0.25, -0.2) is 0 Å². The molecule has 2 aliphatic heterocycles. The molecule has 2 heterocycles. The minimum Gasteiger partial charge on any atom is -0.342 e. The molecule has 0 aromatic rings. The zero-order valence-electron chi connectivity index (χ0n) is 12.2. The van der Waals surface area contributed by atoms with Crippen molar-refractivity contribution in [1.29, 1.82) is 0 Å². The predicted octanol–water partition coefficient (Wildman–Crippen LogP) is 2.22. The fourth-order valence-corrected chi connectivity index (χ4v) is 3.46. The van der Waals surface area contributed by atoms with E-state index in [1.165, 1.54) is 38.8 Å². The number of carbonyl (C=O) groups excluding carboxylic acids is 1. The van der Waals surface area contributed by atoms with Gasteiger partial charge < -0.3 is 9.80 Å². The second-order valence-electron chi connectivity index (χ2n) is 6.46. The zero-order chi connectivity index (χ0) is 13.1. The molecule has 18 heavy (non-hydrogen) atoms. The summed E-state index contributed by atoms with van der Waals surface area (Å²) in [5.41, 5.74) is 0. The molecule has 1 amide bonds. The molecule has 3 heteroatoms. The summed E-state index contributed by atoms with van der Waals surface area (Å²) >= 11 is 0. The summed E-state index contributed by atoms with van der Waals surface area (Å²) in [7, 11) is 2.22. The fourth-order valence-electron chi connectivity index (χ4n) is 3.46. The molecule has 2 rings (SSSR count). The highest BCUT2D eigenvalue weighted by molar-refractivity contribution is 5.78. The van der Waals surface area contributed by atoms with Gasteiger partial charge in [-0.05, 0) is 57.7 Å². The number of nitrogens with zero attached hydrogens (tertiary/aromatic N) is 2. The second-order valence-corrected chi connectivity index (χ2v) is 6.46. The van der Waals surface area contributed by atoms with Gasteiger partial charge in [0.2, 0.25) is 5.91 Å². The van der Waals surface area contributed by atoms with E-state index in [0.717, 1.165) is 24.9 Å². The highest BCUT2D eigenvalue weighted by Crippen LogP contribution is 2.32. The molecule has 104 valence electrons. The lowest BCUT2D eigenvalue weighted by Crippen LogP contribution is -2.43. The van der Waals surface area contributed by atoms with Gasteiger partial charge in [0.1, 0.15) is 0 Å². The number of rotatable bonds is 2. The number of amides is 1. The van der Waals surface area contributed by atoms with E-state index in [1.54, 1.807) is 0 Å². The maximum absolute atomic E-state index is 11.9. The standard InChI is InChI=1S/C15H28N2O/c1-12(2)15(18)17-10-6-14(7-11-17)13-4-8-16(3)9-5-13/h12-14H,4-11H2,1-3H3. The van der Waals surface area contributed by atoms with Crippen LogP contribution in [0.25, 0.3) is 0 Å². The monoisotopic (exact) mass is 252 g/mol. The Balaban J connectivity index is 1.78. The lowest BCUT2D eigenvalue weighted by Gasteiger charge is -2.39. The van der Waals surface area contributed by atoms with Crippen molar-refractivity contribution >= 4 is 5.91 Å². The topological polar surface area (TPSA) is 23.6 Å². The van der Waals surface area contributed by atoms with Gasteiger partial charge in [0, 0.05) is 19.0 Å². The SMILES string of the molecule is CC(C)C(=O)N1CCC(C2CCN(C)CC2)CC1. The van der Waals surface area contributed by atoms with Gasteiger partial charge in [0.15, 0.2) is 0 Å². The van der Waals surface area contributed by atoms with Crippen molar-refractivity contribution in [3.63, 3.8) is 0 Å². The third kappa shape index (κ3) is 3.25. The van der Waals surface area contributed by atoms with Crippen LogP contribution in [0.2, 0.25) is 0 Å². The average molecular weight is 252 g/mol. The lowest BCUT2D eigenvalue weighted by molar-refractivity contribution is -0.136. The van der Waals surface area contributed by atoms with E-state index in [9.17, 15) is 4.79 Å². The van der Waals surface area contributed by atoms with E-state index < -0.39 is 0 Å². The molecule has 2 aliphatic rings. The maximum atomic E-state index is 11.9. The van der Waals surface area contributed by atoms with Crippen LogP contribution in [-0.2, 0) is 4.79 Å². The van der Waals surface area contributed by atoms with Gasteiger partial charge in [-0.2, -0.15) is 0 Å². The minimum absolute atomic E-state index is 0.157. The molecule has 0 aromatic carbocycles. The number of likely N-dealkylation sites (tertiary alicyclic amines) is 2. The normalized spacial score (nSPS) is 24.8. The summed E-state index contributed by atoms with van der Waals surface area (Å²) in [5.74, 6) is 2.29. The fraction of sp³-hybridized carbons (Fsp3) is 0.933. The van der Waals surface area contributed by atoms with Crippen molar-refractivity contribution in [2.45, 2.75) is 39.5 Å². The third-order valence-electron chi connectivity index (χ3n) is 4.78. The van der Waals surface area contributed by atoms with Gasteiger partial charge in [0.05, 0.1) is 0 Å². The molecule has 0 aromatic heterocycles. The highest BCUT2D eigenvalue weighted by atomic mass is 16.2. The van der Waals surface area contributed by atoms with Crippen LogP contribution in [0.5, 0.6) is 0 Å². The zero-order valence-corrected chi connectivity index (χ0v) is 12.2. The molecule has 0 spiro atoms. The predicted molar refractivity (Wildman–Crippen MR) is 74.4 cm³/mol. The first-order chi connectivity index (χ1) is 8.58. The lowest BCUT2D eigenvalue weighted by atomic mass is 9.79. The molecule has 0 atom stereocenters. The van der Waals surface area contributed by atoms with Crippen LogP contribution in [0.15, 0.2) is 0 Å². The van der Waals surface area contributed by atoms with Crippen molar-refractivity contribution in [3.8, 4) is 0 Å². The van der Waals surface area contributed by atoms with Crippen LogP contribution in [0, 0.1) is 17.8 Å². The Kier molecular flexibility index (Phi) is 4.66. The number of piperidine rings is 2. The molecule has 0 saturated carbocycles. The first-order valence-corrected chi connectivity index (χ1v) is 7.55. The van der Waals surface area contributed by atoms with E-state index in [2.05, 4.69) is 16.8 Å².